The molecule has 6 nitrogen and oxygen atoms in total. The van der Waals surface area contributed by atoms with E-state index in [0.29, 0.717) is 11.4 Å². The Bertz CT molecular complexity index is 790. The van der Waals surface area contributed by atoms with E-state index in [1.54, 1.807) is 31.2 Å². The monoisotopic (exact) mass is 383 g/mol. The number of rotatable bonds is 9. The summed E-state index contributed by atoms with van der Waals surface area (Å²) in [6.45, 7) is 4.34. The molecule has 1 atom stereocenters. The van der Waals surface area contributed by atoms with Gasteiger partial charge >= 0.3 is 0 Å². The molecule has 6 heteroatoms. The molecule has 0 heterocycles. The molecule has 2 aromatic rings. The fourth-order valence-corrected chi connectivity index (χ4v) is 2.91. The molecule has 0 aliphatic carbocycles. The standard InChI is InChI=1S/C22H29N3O3/c1-5-20(17-11-9-16(2)10-12-17)24-22(27)15-25(3)14-21(26)23-18-7-6-8-19(13-18)28-4/h6-13,20H,5,14-15H2,1-4H3,(H,23,26)(H,24,27)/t20-/m1/s1. The summed E-state index contributed by atoms with van der Waals surface area (Å²) in [6, 6.07) is 15.3. The number of amides is 2. The Kier molecular flexibility index (Phi) is 8.02. The summed E-state index contributed by atoms with van der Waals surface area (Å²) in [5.74, 6) is 0.380. The van der Waals surface area contributed by atoms with E-state index in [0.717, 1.165) is 12.0 Å². The van der Waals surface area contributed by atoms with Crippen LogP contribution in [0.1, 0.15) is 30.5 Å². The number of methoxy groups -OCH3 is 1. The van der Waals surface area contributed by atoms with Crippen LogP contribution in [-0.4, -0.2) is 44.0 Å². The van der Waals surface area contributed by atoms with Gasteiger partial charge < -0.3 is 15.4 Å². The topological polar surface area (TPSA) is 70.7 Å². The molecule has 0 aliphatic heterocycles. The molecule has 0 saturated carbocycles. The Hall–Kier alpha value is -2.86. The largest absolute Gasteiger partial charge is 0.497 e. The third-order valence-electron chi connectivity index (χ3n) is 4.40. The van der Waals surface area contributed by atoms with Crippen LogP contribution in [0.25, 0.3) is 0 Å². The predicted molar refractivity (Wildman–Crippen MR) is 111 cm³/mol. The molecule has 0 spiro atoms. The first-order chi connectivity index (χ1) is 13.4. The molecule has 2 amide bonds. The van der Waals surface area contributed by atoms with Crippen LogP contribution in [0.5, 0.6) is 5.75 Å². The van der Waals surface area contributed by atoms with Crippen LogP contribution in [0.4, 0.5) is 5.69 Å². The maximum absolute atomic E-state index is 12.4. The Morgan fingerprint density at radius 1 is 1.07 bits per heavy atom. The van der Waals surface area contributed by atoms with Crippen molar-refractivity contribution in [3.8, 4) is 5.75 Å². The van der Waals surface area contributed by atoms with Crippen molar-refractivity contribution in [1.29, 1.82) is 0 Å². The van der Waals surface area contributed by atoms with Gasteiger partial charge in [0.25, 0.3) is 0 Å². The molecule has 0 aliphatic rings. The summed E-state index contributed by atoms with van der Waals surface area (Å²) in [6.07, 6.45) is 0.800. The highest BCUT2D eigenvalue weighted by molar-refractivity contribution is 5.92. The summed E-state index contributed by atoms with van der Waals surface area (Å²) in [7, 11) is 3.32. The fraction of sp³-hybridized carbons (Fsp3) is 0.364. The quantitative estimate of drug-likeness (QED) is 0.698. The highest BCUT2D eigenvalue weighted by Crippen LogP contribution is 2.17. The van der Waals surface area contributed by atoms with E-state index in [9.17, 15) is 9.59 Å². The van der Waals surface area contributed by atoms with Crippen LogP contribution in [0.3, 0.4) is 0 Å². The number of nitrogens with one attached hydrogen (secondary N) is 2. The number of hydrogen-bond acceptors (Lipinski definition) is 4. The first-order valence-electron chi connectivity index (χ1n) is 9.39. The number of likely N-dealkylation sites (N-methyl/N-ethyl adjacent to an activating group) is 1. The van der Waals surface area contributed by atoms with Crippen molar-refractivity contribution in [2.45, 2.75) is 26.3 Å². The molecule has 0 unspecified atom stereocenters. The van der Waals surface area contributed by atoms with Crippen molar-refractivity contribution in [1.82, 2.24) is 10.2 Å². The number of anilines is 1. The van der Waals surface area contributed by atoms with Crippen LogP contribution >= 0.6 is 0 Å². The van der Waals surface area contributed by atoms with E-state index in [1.165, 1.54) is 5.56 Å². The van der Waals surface area contributed by atoms with Crippen molar-refractivity contribution >= 4 is 17.5 Å². The maximum atomic E-state index is 12.4. The minimum Gasteiger partial charge on any atom is -0.497 e. The van der Waals surface area contributed by atoms with Gasteiger partial charge in [-0.15, -0.1) is 0 Å². The third kappa shape index (κ3) is 6.70. The van der Waals surface area contributed by atoms with Crippen LogP contribution in [0, 0.1) is 6.92 Å². The number of hydrogen-bond donors (Lipinski definition) is 2. The SMILES string of the molecule is CC[C@@H](NC(=O)CN(C)CC(=O)Nc1cccc(OC)c1)c1ccc(C)cc1. The number of aryl methyl sites for hydroxylation is 1. The van der Waals surface area contributed by atoms with Gasteiger partial charge in [-0.2, -0.15) is 0 Å². The van der Waals surface area contributed by atoms with Crippen molar-refractivity contribution in [3.63, 3.8) is 0 Å². The van der Waals surface area contributed by atoms with Gasteiger partial charge in [-0.05, 0) is 38.1 Å². The molecular weight excluding hydrogens is 354 g/mol. The average molecular weight is 383 g/mol. The molecule has 150 valence electrons. The van der Waals surface area contributed by atoms with Crippen LogP contribution in [0.2, 0.25) is 0 Å². The molecular formula is C22H29N3O3. The lowest BCUT2D eigenvalue weighted by atomic mass is 10.0. The minimum atomic E-state index is -0.186. The predicted octanol–water partition coefficient (Wildman–Crippen LogP) is 3.14. The number of ether oxygens (including phenoxy) is 1. The highest BCUT2D eigenvalue weighted by Gasteiger charge is 2.15. The Morgan fingerprint density at radius 3 is 2.39 bits per heavy atom. The first kappa shape index (κ1) is 21.4. The van der Waals surface area contributed by atoms with Gasteiger partial charge in [-0.1, -0.05) is 42.8 Å². The second-order valence-electron chi connectivity index (χ2n) is 6.89. The molecule has 28 heavy (non-hydrogen) atoms. The van der Waals surface area contributed by atoms with Crippen LogP contribution in [-0.2, 0) is 9.59 Å². The number of carbonyl (C=O) groups excluding carboxylic acids is 2. The molecule has 0 bridgehead atoms. The van der Waals surface area contributed by atoms with E-state index in [4.69, 9.17) is 4.74 Å². The fourth-order valence-electron chi connectivity index (χ4n) is 2.91. The lowest BCUT2D eigenvalue weighted by Gasteiger charge is -2.21. The zero-order chi connectivity index (χ0) is 20.5. The van der Waals surface area contributed by atoms with E-state index in [2.05, 4.69) is 10.6 Å². The summed E-state index contributed by atoms with van der Waals surface area (Å²) in [5.41, 5.74) is 2.93. The van der Waals surface area contributed by atoms with E-state index >= 15 is 0 Å². The Balaban J connectivity index is 1.83. The van der Waals surface area contributed by atoms with Crippen molar-refractivity contribution in [2.24, 2.45) is 0 Å². The van der Waals surface area contributed by atoms with Gasteiger partial charge in [0.15, 0.2) is 0 Å². The number of benzene rings is 2. The Morgan fingerprint density at radius 2 is 1.75 bits per heavy atom. The molecule has 2 rings (SSSR count). The normalized spacial score (nSPS) is 11.8. The maximum Gasteiger partial charge on any atom is 0.238 e. The molecule has 0 saturated heterocycles. The minimum absolute atomic E-state index is 0.0351. The Labute approximate surface area is 166 Å². The highest BCUT2D eigenvalue weighted by atomic mass is 16.5. The number of carbonyl (C=O) groups is 2. The van der Waals surface area contributed by atoms with Crippen molar-refractivity contribution in [2.75, 3.05) is 32.6 Å². The molecule has 2 aromatic carbocycles. The smallest absolute Gasteiger partial charge is 0.238 e. The summed E-state index contributed by atoms with van der Waals surface area (Å²) in [5, 5.41) is 5.85. The molecule has 0 radical (unpaired) electrons. The van der Waals surface area contributed by atoms with Gasteiger partial charge in [-0.3, -0.25) is 14.5 Å². The van der Waals surface area contributed by atoms with Gasteiger partial charge in [0.05, 0.1) is 26.2 Å². The zero-order valence-electron chi connectivity index (χ0n) is 17.0. The summed E-state index contributed by atoms with van der Waals surface area (Å²) in [4.78, 5) is 26.3. The lowest BCUT2D eigenvalue weighted by molar-refractivity contribution is -0.123. The first-order valence-corrected chi connectivity index (χ1v) is 9.39. The summed E-state index contributed by atoms with van der Waals surface area (Å²) >= 11 is 0. The van der Waals surface area contributed by atoms with Crippen molar-refractivity contribution in [3.05, 3.63) is 59.7 Å². The molecule has 0 fully saturated rings. The van der Waals surface area contributed by atoms with Crippen molar-refractivity contribution < 1.29 is 14.3 Å². The van der Waals surface area contributed by atoms with E-state index < -0.39 is 0 Å². The van der Waals surface area contributed by atoms with Gasteiger partial charge in [0.2, 0.25) is 11.8 Å². The summed E-state index contributed by atoms with van der Waals surface area (Å²) < 4.78 is 5.15. The van der Waals surface area contributed by atoms with Gasteiger partial charge in [0, 0.05) is 11.8 Å². The second kappa shape index (κ2) is 10.5. The second-order valence-corrected chi connectivity index (χ2v) is 6.89. The third-order valence-corrected chi connectivity index (χ3v) is 4.40. The molecule has 0 aromatic heterocycles. The van der Waals surface area contributed by atoms with Crippen LogP contribution < -0.4 is 15.4 Å². The molecule has 2 N–H and O–H groups in total. The zero-order valence-corrected chi connectivity index (χ0v) is 17.0. The van der Waals surface area contributed by atoms with Gasteiger partial charge in [0.1, 0.15) is 5.75 Å². The average Bonchev–Trinajstić information content (AvgIpc) is 2.66. The van der Waals surface area contributed by atoms with E-state index in [1.807, 2.05) is 50.2 Å². The van der Waals surface area contributed by atoms with Crippen LogP contribution in [0.15, 0.2) is 48.5 Å². The van der Waals surface area contributed by atoms with E-state index in [-0.39, 0.29) is 30.9 Å². The van der Waals surface area contributed by atoms with Gasteiger partial charge in [-0.25, -0.2) is 0 Å². The lowest BCUT2D eigenvalue weighted by Crippen LogP contribution is -2.40. The number of nitrogens with zero attached hydrogens (tertiary/aromatic N) is 1.